The van der Waals surface area contributed by atoms with Crippen molar-refractivity contribution in [2.75, 3.05) is 7.11 Å². The van der Waals surface area contributed by atoms with Gasteiger partial charge in [-0.15, -0.1) is 0 Å². The van der Waals surface area contributed by atoms with Crippen molar-refractivity contribution in [3.63, 3.8) is 0 Å². The van der Waals surface area contributed by atoms with Crippen LogP contribution in [0.4, 0.5) is 5.69 Å². The van der Waals surface area contributed by atoms with Crippen molar-refractivity contribution >= 4 is 5.69 Å². The fraction of sp³-hybridized carbons (Fsp3) is 0.0833. The Kier molecular flexibility index (Phi) is 3.38. The first kappa shape index (κ1) is 11.8. The molecule has 0 saturated carbocycles. The van der Waals surface area contributed by atoms with Crippen LogP contribution in [0.15, 0.2) is 42.6 Å². The van der Waals surface area contributed by atoms with Gasteiger partial charge in [-0.25, -0.2) is 4.98 Å². The molecule has 0 aliphatic rings. The Morgan fingerprint density at radius 1 is 1.11 bits per heavy atom. The van der Waals surface area contributed by atoms with Gasteiger partial charge < -0.3 is 9.47 Å². The van der Waals surface area contributed by atoms with Gasteiger partial charge in [0.25, 0.3) is 5.69 Å². The maximum Gasteiger partial charge on any atom is 0.269 e. The van der Waals surface area contributed by atoms with Gasteiger partial charge in [0.1, 0.15) is 11.5 Å². The molecule has 0 bridgehead atoms. The van der Waals surface area contributed by atoms with E-state index < -0.39 is 4.92 Å². The summed E-state index contributed by atoms with van der Waals surface area (Å²) in [5, 5.41) is 10.5. The number of aromatic nitrogens is 1. The molecule has 0 saturated heterocycles. The number of non-ortho nitro benzene ring substituents is 1. The molecule has 2 aromatic rings. The zero-order valence-electron chi connectivity index (χ0n) is 9.57. The van der Waals surface area contributed by atoms with Crippen LogP contribution in [0.1, 0.15) is 0 Å². The predicted octanol–water partition coefficient (Wildman–Crippen LogP) is 2.79. The number of nitro groups is 1. The normalized spacial score (nSPS) is 9.83. The summed E-state index contributed by atoms with van der Waals surface area (Å²) in [6, 6.07) is 9.19. The molecule has 18 heavy (non-hydrogen) atoms. The number of nitro benzene ring substituents is 1. The maximum atomic E-state index is 10.5. The lowest BCUT2D eigenvalue weighted by Crippen LogP contribution is -1.90. The lowest BCUT2D eigenvalue weighted by Gasteiger charge is -2.05. The van der Waals surface area contributed by atoms with Crippen LogP contribution < -0.4 is 9.47 Å². The van der Waals surface area contributed by atoms with Crippen molar-refractivity contribution < 1.29 is 14.4 Å². The zero-order valence-corrected chi connectivity index (χ0v) is 9.57. The van der Waals surface area contributed by atoms with Crippen molar-refractivity contribution in [3.8, 4) is 17.4 Å². The van der Waals surface area contributed by atoms with E-state index in [1.165, 1.54) is 37.6 Å². The second-order valence-corrected chi connectivity index (χ2v) is 3.39. The summed E-state index contributed by atoms with van der Waals surface area (Å²) < 4.78 is 10.4. The number of ether oxygens (including phenoxy) is 2. The molecule has 6 nitrogen and oxygen atoms in total. The van der Waals surface area contributed by atoms with Crippen LogP contribution >= 0.6 is 0 Å². The van der Waals surface area contributed by atoms with Crippen LogP contribution in [0.25, 0.3) is 0 Å². The molecule has 1 aromatic carbocycles. The first-order valence-electron chi connectivity index (χ1n) is 5.11. The Morgan fingerprint density at radius 3 is 2.28 bits per heavy atom. The number of rotatable bonds is 4. The van der Waals surface area contributed by atoms with Crippen LogP contribution in [0, 0.1) is 10.1 Å². The number of methoxy groups -OCH3 is 1. The second kappa shape index (κ2) is 5.13. The highest BCUT2D eigenvalue weighted by Crippen LogP contribution is 2.24. The summed E-state index contributed by atoms with van der Waals surface area (Å²) in [6.45, 7) is 0. The Morgan fingerprint density at radius 2 is 1.78 bits per heavy atom. The van der Waals surface area contributed by atoms with Gasteiger partial charge in [-0.05, 0) is 18.2 Å². The zero-order chi connectivity index (χ0) is 13.0. The van der Waals surface area contributed by atoms with Gasteiger partial charge in [-0.1, -0.05) is 0 Å². The lowest BCUT2D eigenvalue weighted by molar-refractivity contribution is -0.384. The molecule has 1 heterocycles. The number of nitrogens with zero attached hydrogens (tertiary/aromatic N) is 2. The van der Waals surface area contributed by atoms with E-state index in [1.54, 1.807) is 12.1 Å². The smallest absolute Gasteiger partial charge is 0.269 e. The molecule has 0 aliphatic heterocycles. The minimum atomic E-state index is -0.460. The average Bonchev–Trinajstić information content (AvgIpc) is 2.40. The number of benzene rings is 1. The monoisotopic (exact) mass is 246 g/mol. The van der Waals surface area contributed by atoms with E-state index in [0.717, 1.165) is 0 Å². The third-order valence-electron chi connectivity index (χ3n) is 2.20. The first-order chi connectivity index (χ1) is 8.69. The number of hydrogen-bond donors (Lipinski definition) is 0. The van der Waals surface area contributed by atoms with Crippen molar-refractivity contribution in [2.24, 2.45) is 0 Å². The van der Waals surface area contributed by atoms with Gasteiger partial charge in [0.2, 0.25) is 5.88 Å². The molecule has 92 valence electrons. The van der Waals surface area contributed by atoms with Crippen LogP contribution in [0.2, 0.25) is 0 Å². The van der Waals surface area contributed by atoms with Crippen LogP contribution in [-0.2, 0) is 0 Å². The molecule has 2 rings (SSSR count). The summed E-state index contributed by atoms with van der Waals surface area (Å²) in [4.78, 5) is 14.0. The minimum Gasteiger partial charge on any atom is -0.481 e. The van der Waals surface area contributed by atoms with Gasteiger partial charge in [-0.3, -0.25) is 10.1 Å². The molecule has 0 N–H and O–H groups in total. The highest BCUT2D eigenvalue weighted by Gasteiger charge is 2.05. The SMILES string of the molecule is COc1ccc(Oc2ccc([N+](=O)[O-])cc2)cn1. The summed E-state index contributed by atoms with van der Waals surface area (Å²) in [5.41, 5.74) is 0.0233. The molecular formula is C12H10N2O4. The average molecular weight is 246 g/mol. The van der Waals surface area contributed by atoms with E-state index in [0.29, 0.717) is 17.4 Å². The molecule has 0 atom stereocenters. The molecule has 0 spiro atoms. The predicted molar refractivity (Wildman–Crippen MR) is 64.0 cm³/mol. The summed E-state index contributed by atoms with van der Waals surface area (Å²) in [7, 11) is 1.53. The summed E-state index contributed by atoms with van der Waals surface area (Å²) in [6.07, 6.45) is 1.51. The van der Waals surface area contributed by atoms with Crippen LogP contribution in [0.3, 0.4) is 0 Å². The molecule has 0 unspecified atom stereocenters. The molecule has 1 aromatic heterocycles. The summed E-state index contributed by atoms with van der Waals surface area (Å²) >= 11 is 0. The van der Waals surface area contributed by atoms with Crippen LogP contribution in [0.5, 0.6) is 17.4 Å². The maximum absolute atomic E-state index is 10.5. The third-order valence-corrected chi connectivity index (χ3v) is 2.20. The Hall–Kier alpha value is -2.63. The van der Waals surface area contributed by atoms with Gasteiger partial charge in [0.05, 0.1) is 18.2 Å². The quantitative estimate of drug-likeness (QED) is 0.612. The van der Waals surface area contributed by atoms with Gasteiger partial charge >= 0.3 is 0 Å². The van der Waals surface area contributed by atoms with Crippen molar-refractivity contribution in [2.45, 2.75) is 0 Å². The Labute approximate surface area is 103 Å². The van der Waals surface area contributed by atoms with E-state index in [2.05, 4.69) is 4.98 Å². The van der Waals surface area contributed by atoms with Crippen molar-refractivity contribution in [1.29, 1.82) is 0 Å². The van der Waals surface area contributed by atoms with E-state index in [-0.39, 0.29) is 5.69 Å². The summed E-state index contributed by atoms with van der Waals surface area (Å²) in [5.74, 6) is 1.53. The minimum absolute atomic E-state index is 0.0233. The van der Waals surface area contributed by atoms with E-state index >= 15 is 0 Å². The van der Waals surface area contributed by atoms with Gasteiger partial charge in [-0.2, -0.15) is 0 Å². The lowest BCUT2D eigenvalue weighted by atomic mass is 10.3. The second-order valence-electron chi connectivity index (χ2n) is 3.39. The van der Waals surface area contributed by atoms with Gasteiger partial charge in [0, 0.05) is 18.2 Å². The third kappa shape index (κ3) is 2.73. The van der Waals surface area contributed by atoms with Crippen molar-refractivity contribution in [3.05, 3.63) is 52.7 Å². The molecule has 0 fully saturated rings. The molecule has 6 heteroatoms. The molecule has 0 radical (unpaired) electrons. The van der Waals surface area contributed by atoms with E-state index in [1.807, 2.05) is 0 Å². The standard InChI is InChI=1S/C12H10N2O4/c1-17-12-7-6-11(8-13-12)18-10-4-2-9(3-5-10)14(15)16/h2-8H,1H3. The highest BCUT2D eigenvalue weighted by atomic mass is 16.6. The molecule has 0 aliphatic carbocycles. The largest absolute Gasteiger partial charge is 0.481 e. The molecular weight excluding hydrogens is 236 g/mol. The topological polar surface area (TPSA) is 74.5 Å². The Balaban J connectivity index is 2.10. The highest BCUT2D eigenvalue weighted by molar-refractivity contribution is 5.38. The van der Waals surface area contributed by atoms with E-state index in [9.17, 15) is 10.1 Å². The fourth-order valence-corrected chi connectivity index (χ4v) is 1.32. The van der Waals surface area contributed by atoms with E-state index in [4.69, 9.17) is 9.47 Å². The molecule has 0 amide bonds. The van der Waals surface area contributed by atoms with Crippen molar-refractivity contribution in [1.82, 2.24) is 4.98 Å². The Bertz CT molecular complexity index is 537. The number of hydrogen-bond acceptors (Lipinski definition) is 5. The fourth-order valence-electron chi connectivity index (χ4n) is 1.32. The van der Waals surface area contributed by atoms with Gasteiger partial charge in [0.15, 0.2) is 0 Å². The van der Waals surface area contributed by atoms with Crippen LogP contribution in [-0.4, -0.2) is 17.0 Å². The first-order valence-corrected chi connectivity index (χ1v) is 5.11. The number of pyridine rings is 1.